The molecule has 0 N–H and O–H groups in total. The van der Waals surface area contributed by atoms with E-state index in [0.717, 1.165) is 11.6 Å². The van der Waals surface area contributed by atoms with Crippen molar-refractivity contribution in [3.05, 3.63) is 70.8 Å². The SMILES string of the molecule is N#Cc1ccccc1CN1CCC2(CC1)O[C@@H]1CC[C@@H](c3cc(F)cc(F)c3)N1C2=O. The van der Waals surface area contributed by atoms with Gasteiger partial charge in [0.1, 0.15) is 17.9 Å². The van der Waals surface area contributed by atoms with Crippen LogP contribution in [0.2, 0.25) is 0 Å². The summed E-state index contributed by atoms with van der Waals surface area (Å²) in [5, 5.41) is 9.31. The number of benzene rings is 2. The molecule has 7 heteroatoms. The highest BCUT2D eigenvalue weighted by Crippen LogP contribution is 2.47. The van der Waals surface area contributed by atoms with Crippen LogP contribution < -0.4 is 0 Å². The number of rotatable bonds is 3. The number of piperidine rings is 1. The summed E-state index contributed by atoms with van der Waals surface area (Å²) in [5.74, 6) is -1.33. The van der Waals surface area contributed by atoms with Crippen LogP contribution in [0.3, 0.4) is 0 Å². The first-order chi connectivity index (χ1) is 15.0. The number of amides is 1. The molecule has 5 rings (SSSR count). The summed E-state index contributed by atoms with van der Waals surface area (Å²) in [6.45, 7) is 2.03. The lowest BCUT2D eigenvalue weighted by Crippen LogP contribution is -2.50. The molecule has 160 valence electrons. The minimum Gasteiger partial charge on any atom is -0.342 e. The summed E-state index contributed by atoms with van der Waals surface area (Å²) in [6.07, 6.45) is 2.09. The predicted octanol–water partition coefficient (Wildman–Crippen LogP) is 3.89. The van der Waals surface area contributed by atoms with Crippen molar-refractivity contribution in [3.8, 4) is 6.07 Å². The third-order valence-electron chi connectivity index (χ3n) is 6.78. The maximum absolute atomic E-state index is 13.7. The molecule has 0 unspecified atom stereocenters. The molecule has 3 aliphatic heterocycles. The fourth-order valence-electron chi connectivity index (χ4n) is 5.22. The fourth-order valence-corrected chi connectivity index (χ4v) is 5.22. The van der Waals surface area contributed by atoms with Crippen molar-refractivity contribution in [1.82, 2.24) is 9.80 Å². The van der Waals surface area contributed by atoms with Crippen LogP contribution in [0.5, 0.6) is 0 Å². The van der Waals surface area contributed by atoms with E-state index < -0.39 is 17.2 Å². The van der Waals surface area contributed by atoms with Gasteiger partial charge in [0, 0.05) is 25.7 Å². The normalized spacial score (nSPS) is 25.1. The molecule has 3 aliphatic rings. The lowest BCUT2D eigenvalue weighted by atomic mass is 9.89. The van der Waals surface area contributed by atoms with Crippen LogP contribution in [0.4, 0.5) is 8.78 Å². The number of likely N-dealkylation sites (tertiary alicyclic amines) is 1. The average molecular weight is 423 g/mol. The second kappa shape index (κ2) is 7.70. The number of hydrogen-bond donors (Lipinski definition) is 0. The van der Waals surface area contributed by atoms with E-state index in [4.69, 9.17) is 4.74 Å². The molecular weight excluding hydrogens is 400 g/mol. The molecule has 3 heterocycles. The van der Waals surface area contributed by atoms with Gasteiger partial charge in [-0.1, -0.05) is 18.2 Å². The van der Waals surface area contributed by atoms with E-state index in [9.17, 15) is 18.8 Å². The largest absolute Gasteiger partial charge is 0.342 e. The lowest BCUT2D eigenvalue weighted by molar-refractivity contribution is -0.143. The van der Waals surface area contributed by atoms with Crippen LogP contribution in [-0.2, 0) is 16.1 Å². The number of nitriles is 1. The molecule has 2 aromatic carbocycles. The van der Waals surface area contributed by atoms with E-state index in [1.54, 1.807) is 4.90 Å². The summed E-state index contributed by atoms with van der Waals surface area (Å²) in [6, 6.07) is 12.9. The van der Waals surface area contributed by atoms with Gasteiger partial charge in [-0.05, 0) is 55.0 Å². The van der Waals surface area contributed by atoms with Crippen LogP contribution in [0.25, 0.3) is 0 Å². The third kappa shape index (κ3) is 3.50. The van der Waals surface area contributed by atoms with Crippen LogP contribution in [-0.4, -0.2) is 40.6 Å². The van der Waals surface area contributed by atoms with E-state index in [0.29, 0.717) is 56.4 Å². The van der Waals surface area contributed by atoms with Gasteiger partial charge in [0.15, 0.2) is 5.60 Å². The van der Waals surface area contributed by atoms with Crippen LogP contribution in [0.15, 0.2) is 42.5 Å². The van der Waals surface area contributed by atoms with E-state index in [-0.39, 0.29) is 18.2 Å². The Balaban J connectivity index is 1.30. The van der Waals surface area contributed by atoms with Crippen molar-refractivity contribution in [2.24, 2.45) is 0 Å². The molecule has 0 saturated carbocycles. The summed E-state index contributed by atoms with van der Waals surface area (Å²) in [5.41, 5.74) is 1.27. The van der Waals surface area contributed by atoms with Gasteiger partial charge < -0.3 is 9.64 Å². The molecule has 1 spiro atoms. The zero-order chi connectivity index (χ0) is 21.6. The topological polar surface area (TPSA) is 56.6 Å². The van der Waals surface area contributed by atoms with Crippen molar-refractivity contribution in [2.45, 2.75) is 50.1 Å². The minimum absolute atomic E-state index is 0.0678. The lowest BCUT2D eigenvalue weighted by Gasteiger charge is -2.37. The second-order valence-corrected chi connectivity index (χ2v) is 8.62. The van der Waals surface area contributed by atoms with Crippen molar-refractivity contribution in [3.63, 3.8) is 0 Å². The highest BCUT2D eigenvalue weighted by molar-refractivity contribution is 5.88. The summed E-state index contributed by atoms with van der Waals surface area (Å²) in [7, 11) is 0. The Morgan fingerprint density at radius 3 is 2.52 bits per heavy atom. The number of ether oxygens (including phenoxy) is 1. The third-order valence-corrected chi connectivity index (χ3v) is 6.78. The van der Waals surface area contributed by atoms with Crippen LogP contribution >= 0.6 is 0 Å². The number of halogens is 2. The Morgan fingerprint density at radius 2 is 1.81 bits per heavy atom. The van der Waals surface area contributed by atoms with Gasteiger partial charge in [0.05, 0.1) is 17.7 Å². The van der Waals surface area contributed by atoms with E-state index in [2.05, 4.69) is 11.0 Å². The first-order valence-electron chi connectivity index (χ1n) is 10.7. The molecule has 3 fully saturated rings. The number of carbonyl (C=O) groups excluding carboxylic acids is 1. The van der Waals surface area contributed by atoms with Gasteiger partial charge in [-0.25, -0.2) is 8.78 Å². The van der Waals surface area contributed by atoms with Crippen molar-refractivity contribution in [1.29, 1.82) is 5.26 Å². The second-order valence-electron chi connectivity index (χ2n) is 8.62. The molecule has 5 nitrogen and oxygen atoms in total. The average Bonchev–Trinajstić information content (AvgIpc) is 3.28. The maximum atomic E-state index is 13.7. The number of carbonyl (C=O) groups is 1. The summed E-state index contributed by atoms with van der Waals surface area (Å²) < 4.78 is 33.8. The Kier molecular flexibility index (Phi) is 4.99. The quantitative estimate of drug-likeness (QED) is 0.752. The number of fused-ring (bicyclic) bond motifs is 1. The Morgan fingerprint density at radius 1 is 1.10 bits per heavy atom. The Bertz CT molecular complexity index is 1040. The van der Waals surface area contributed by atoms with Gasteiger partial charge in [-0.2, -0.15) is 5.26 Å². The maximum Gasteiger partial charge on any atom is 0.257 e. The first kappa shape index (κ1) is 20.1. The molecule has 31 heavy (non-hydrogen) atoms. The van der Waals surface area contributed by atoms with Crippen LogP contribution in [0, 0.1) is 23.0 Å². The smallest absolute Gasteiger partial charge is 0.257 e. The zero-order valence-corrected chi connectivity index (χ0v) is 17.1. The monoisotopic (exact) mass is 423 g/mol. The van der Waals surface area contributed by atoms with Gasteiger partial charge >= 0.3 is 0 Å². The van der Waals surface area contributed by atoms with Gasteiger partial charge in [-0.3, -0.25) is 9.69 Å². The zero-order valence-electron chi connectivity index (χ0n) is 17.1. The van der Waals surface area contributed by atoms with Gasteiger partial charge in [0.2, 0.25) is 0 Å². The Labute approximate surface area is 179 Å². The minimum atomic E-state index is -0.861. The molecule has 0 aliphatic carbocycles. The fraction of sp³-hybridized carbons (Fsp3) is 0.417. The van der Waals surface area contributed by atoms with Crippen molar-refractivity contribution >= 4 is 5.91 Å². The Hall–Kier alpha value is -2.82. The van der Waals surface area contributed by atoms with Crippen molar-refractivity contribution in [2.75, 3.05) is 13.1 Å². The molecule has 3 saturated heterocycles. The molecule has 0 aromatic heterocycles. The molecule has 0 radical (unpaired) electrons. The van der Waals surface area contributed by atoms with Crippen molar-refractivity contribution < 1.29 is 18.3 Å². The summed E-state index contributed by atoms with van der Waals surface area (Å²) >= 11 is 0. The highest BCUT2D eigenvalue weighted by Gasteiger charge is 2.57. The van der Waals surface area contributed by atoms with E-state index in [1.165, 1.54) is 12.1 Å². The molecule has 2 atom stereocenters. The van der Waals surface area contributed by atoms with E-state index in [1.807, 2.05) is 24.3 Å². The van der Waals surface area contributed by atoms with Crippen LogP contribution in [0.1, 0.15) is 48.4 Å². The van der Waals surface area contributed by atoms with Gasteiger partial charge in [0.25, 0.3) is 5.91 Å². The van der Waals surface area contributed by atoms with Gasteiger partial charge in [-0.15, -0.1) is 0 Å². The molecule has 1 amide bonds. The predicted molar refractivity (Wildman–Crippen MR) is 108 cm³/mol. The summed E-state index contributed by atoms with van der Waals surface area (Å²) in [4.78, 5) is 17.4. The van der Waals surface area contributed by atoms with E-state index >= 15 is 0 Å². The number of nitrogens with zero attached hydrogens (tertiary/aromatic N) is 3. The molecule has 0 bridgehead atoms. The standard InChI is InChI=1S/C24H23F2N3O2/c25-19-11-18(12-20(26)13-19)21-5-6-22-29(21)23(30)24(31-22)7-9-28(10-8-24)15-17-4-2-1-3-16(17)14-27/h1-4,11-13,21-22H,5-10,15H2/t21-,22+/m0/s1. The first-order valence-corrected chi connectivity index (χ1v) is 10.7. The number of hydrogen-bond acceptors (Lipinski definition) is 4. The molecule has 2 aromatic rings. The molecular formula is C24H23F2N3O2. The highest BCUT2D eigenvalue weighted by atomic mass is 19.1.